The second-order valence-electron chi connectivity index (χ2n) is 3.82. The Bertz CT molecular complexity index is 490. The lowest BCUT2D eigenvalue weighted by molar-refractivity contribution is -0.143. The fourth-order valence-corrected chi connectivity index (χ4v) is 1.47. The summed E-state index contributed by atoms with van der Waals surface area (Å²) in [6.07, 6.45) is 0. The van der Waals surface area contributed by atoms with Crippen molar-refractivity contribution in [3.05, 3.63) is 29.8 Å². The molecule has 0 aliphatic rings. The zero-order valence-electron chi connectivity index (χ0n) is 10.5. The number of nitrogens with zero attached hydrogens (tertiary/aromatic N) is 1. The van der Waals surface area contributed by atoms with Gasteiger partial charge in [-0.1, -0.05) is 0 Å². The molecule has 0 spiro atoms. The first kappa shape index (κ1) is 16.0. The smallest absolute Gasteiger partial charge is 0.313 e. The standard InChI is InChI=1S/C12H14F2N2O4/c13-8-1-2-9(14)10(7-8)15-11(19)12(20)16(3-5-17)4-6-18/h1-2,7,17-18H,3-6H2,(H,15,19). The van der Waals surface area contributed by atoms with Crippen LogP contribution in [-0.4, -0.2) is 53.2 Å². The summed E-state index contributed by atoms with van der Waals surface area (Å²) in [6, 6.07) is 2.42. The van der Waals surface area contributed by atoms with Gasteiger partial charge < -0.3 is 20.4 Å². The van der Waals surface area contributed by atoms with E-state index in [4.69, 9.17) is 10.2 Å². The van der Waals surface area contributed by atoms with Gasteiger partial charge in [0, 0.05) is 19.2 Å². The minimum atomic E-state index is -1.18. The zero-order chi connectivity index (χ0) is 15.1. The third-order valence-electron chi connectivity index (χ3n) is 2.40. The molecule has 0 fully saturated rings. The van der Waals surface area contributed by atoms with Gasteiger partial charge in [-0.2, -0.15) is 0 Å². The van der Waals surface area contributed by atoms with Crippen molar-refractivity contribution in [3.8, 4) is 0 Å². The minimum absolute atomic E-state index is 0.154. The van der Waals surface area contributed by atoms with E-state index in [9.17, 15) is 18.4 Å². The normalized spacial score (nSPS) is 10.2. The van der Waals surface area contributed by atoms with Gasteiger partial charge in [-0.15, -0.1) is 0 Å². The number of hydrogen-bond donors (Lipinski definition) is 3. The average molecular weight is 288 g/mol. The molecule has 1 aromatic rings. The van der Waals surface area contributed by atoms with Crippen LogP contribution in [0.1, 0.15) is 0 Å². The summed E-state index contributed by atoms with van der Waals surface area (Å²) < 4.78 is 26.2. The Kier molecular flexibility index (Phi) is 6.01. The van der Waals surface area contributed by atoms with E-state index in [-0.39, 0.29) is 13.1 Å². The first-order valence-electron chi connectivity index (χ1n) is 5.76. The number of rotatable bonds is 5. The Morgan fingerprint density at radius 3 is 2.30 bits per heavy atom. The molecular formula is C12H14F2N2O4. The Morgan fingerprint density at radius 2 is 1.75 bits per heavy atom. The van der Waals surface area contributed by atoms with E-state index in [1.807, 2.05) is 5.32 Å². The first-order valence-corrected chi connectivity index (χ1v) is 5.76. The van der Waals surface area contributed by atoms with E-state index in [1.165, 1.54) is 0 Å². The van der Waals surface area contributed by atoms with Gasteiger partial charge in [0.25, 0.3) is 0 Å². The van der Waals surface area contributed by atoms with Crippen molar-refractivity contribution in [2.24, 2.45) is 0 Å². The molecule has 0 heterocycles. The Balaban J connectivity index is 2.78. The lowest BCUT2D eigenvalue weighted by Crippen LogP contribution is -2.42. The molecular weight excluding hydrogens is 274 g/mol. The maximum absolute atomic E-state index is 13.3. The minimum Gasteiger partial charge on any atom is -0.395 e. The van der Waals surface area contributed by atoms with E-state index in [0.717, 1.165) is 23.1 Å². The van der Waals surface area contributed by atoms with Gasteiger partial charge >= 0.3 is 11.8 Å². The molecule has 0 radical (unpaired) electrons. The number of hydrogen-bond acceptors (Lipinski definition) is 4. The molecule has 0 unspecified atom stereocenters. The van der Waals surface area contributed by atoms with E-state index in [1.54, 1.807) is 0 Å². The molecule has 2 amide bonds. The average Bonchev–Trinajstić information content (AvgIpc) is 2.41. The number of benzene rings is 1. The van der Waals surface area contributed by atoms with Crippen molar-refractivity contribution in [2.45, 2.75) is 0 Å². The van der Waals surface area contributed by atoms with Crippen LogP contribution in [0.15, 0.2) is 18.2 Å². The quantitative estimate of drug-likeness (QED) is 0.650. The van der Waals surface area contributed by atoms with Gasteiger partial charge in [-0.25, -0.2) is 8.78 Å². The zero-order valence-corrected chi connectivity index (χ0v) is 10.5. The van der Waals surface area contributed by atoms with Crippen LogP contribution in [0.4, 0.5) is 14.5 Å². The van der Waals surface area contributed by atoms with E-state index < -0.39 is 42.3 Å². The molecule has 1 rings (SSSR count). The molecule has 0 saturated heterocycles. The highest BCUT2D eigenvalue weighted by Gasteiger charge is 2.22. The highest BCUT2D eigenvalue weighted by molar-refractivity contribution is 6.39. The molecule has 0 aromatic heterocycles. The maximum atomic E-state index is 13.3. The van der Waals surface area contributed by atoms with Gasteiger partial charge in [0.15, 0.2) is 0 Å². The monoisotopic (exact) mass is 288 g/mol. The van der Waals surface area contributed by atoms with Crippen molar-refractivity contribution in [3.63, 3.8) is 0 Å². The Hall–Kier alpha value is -2.06. The number of aliphatic hydroxyl groups is 2. The molecule has 0 aliphatic carbocycles. The lowest BCUT2D eigenvalue weighted by atomic mass is 10.3. The highest BCUT2D eigenvalue weighted by atomic mass is 19.1. The second-order valence-corrected chi connectivity index (χ2v) is 3.82. The van der Waals surface area contributed by atoms with Crippen LogP contribution in [-0.2, 0) is 9.59 Å². The maximum Gasteiger partial charge on any atom is 0.313 e. The van der Waals surface area contributed by atoms with Crippen LogP contribution in [0.3, 0.4) is 0 Å². The fraction of sp³-hybridized carbons (Fsp3) is 0.333. The van der Waals surface area contributed by atoms with Crippen LogP contribution in [0.5, 0.6) is 0 Å². The van der Waals surface area contributed by atoms with E-state index in [2.05, 4.69) is 0 Å². The molecule has 8 heteroatoms. The molecule has 6 nitrogen and oxygen atoms in total. The topological polar surface area (TPSA) is 89.9 Å². The lowest BCUT2D eigenvalue weighted by Gasteiger charge is -2.19. The number of carbonyl (C=O) groups is 2. The number of halogens is 2. The highest BCUT2D eigenvalue weighted by Crippen LogP contribution is 2.15. The summed E-state index contributed by atoms with van der Waals surface area (Å²) >= 11 is 0. The summed E-state index contributed by atoms with van der Waals surface area (Å²) in [6.45, 7) is -1.10. The summed E-state index contributed by atoms with van der Waals surface area (Å²) in [5, 5.41) is 19.4. The van der Waals surface area contributed by atoms with E-state index >= 15 is 0 Å². The fourth-order valence-electron chi connectivity index (χ4n) is 1.47. The molecule has 20 heavy (non-hydrogen) atoms. The molecule has 110 valence electrons. The van der Waals surface area contributed by atoms with Gasteiger partial charge in [-0.3, -0.25) is 9.59 Å². The first-order chi connectivity index (χ1) is 9.49. The summed E-state index contributed by atoms with van der Waals surface area (Å²) in [5.74, 6) is -3.90. The summed E-state index contributed by atoms with van der Waals surface area (Å²) in [4.78, 5) is 24.2. The van der Waals surface area contributed by atoms with Crippen LogP contribution in [0.2, 0.25) is 0 Å². The molecule has 0 atom stereocenters. The molecule has 0 bridgehead atoms. The second kappa shape index (κ2) is 7.51. The Labute approximate surface area is 113 Å². The molecule has 3 N–H and O–H groups in total. The van der Waals surface area contributed by atoms with Crippen LogP contribution in [0, 0.1) is 11.6 Å². The summed E-state index contributed by atoms with van der Waals surface area (Å²) in [5.41, 5.74) is -0.462. The Morgan fingerprint density at radius 1 is 1.15 bits per heavy atom. The number of carbonyl (C=O) groups excluding carboxylic acids is 2. The largest absolute Gasteiger partial charge is 0.395 e. The summed E-state index contributed by atoms with van der Waals surface area (Å²) in [7, 11) is 0. The van der Waals surface area contributed by atoms with Crippen LogP contribution < -0.4 is 5.32 Å². The van der Waals surface area contributed by atoms with Crippen molar-refractivity contribution in [1.82, 2.24) is 4.90 Å². The van der Waals surface area contributed by atoms with Gasteiger partial charge in [-0.05, 0) is 12.1 Å². The van der Waals surface area contributed by atoms with Gasteiger partial charge in [0.2, 0.25) is 0 Å². The molecule has 0 aliphatic heterocycles. The predicted octanol–water partition coefficient (Wildman–Crippen LogP) is -0.284. The third-order valence-corrected chi connectivity index (χ3v) is 2.40. The van der Waals surface area contributed by atoms with Crippen molar-refractivity contribution < 1.29 is 28.6 Å². The SMILES string of the molecule is O=C(Nc1cc(F)ccc1F)C(=O)N(CCO)CCO. The predicted molar refractivity (Wildman–Crippen MR) is 65.7 cm³/mol. The van der Waals surface area contributed by atoms with Crippen molar-refractivity contribution in [2.75, 3.05) is 31.6 Å². The third kappa shape index (κ3) is 4.25. The van der Waals surface area contributed by atoms with Gasteiger partial charge in [0.05, 0.1) is 18.9 Å². The molecule has 0 saturated carbocycles. The van der Waals surface area contributed by atoms with Gasteiger partial charge in [0.1, 0.15) is 11.6 Å². The number of aliphatic hydroxyl groups excluding tert-OH is 2. The van der Waals surface area contributed by atoms with E-state index in [0.29, 0.717) is 0 Å². The van der Waals surface area contributed by atoms with Crippen molar-refractivity contribution in [1.29, 1.82) is 0 Å². The number of anilines is 1. The van der Waals surface area contributed by atoms with Crippen LogP contribution >= 0.6 is 0 Å². The number of amides is 2. The van der Waals surface area contributed by atoms with Crippen LogP contribution in [0.25, 0.3) is 0 Å². The number of nitrogens with one attached hydrogen (secondary N) is 1. The molecule has 1 aromatic carbocycles. The van der Waals surface area contributed by atoms with Crippen molar-refractivity contribution >= 4 is 17.5 Å².